The molecule has 1 fully saturated rings. The Kier molecular flexibility index (Phi) is 5.47. The van der Waals surface area contributed by atoms with Crippen LogP contribution in [0.25, 0.3) is 0 Å². The van der Waals surface area contributed by atoms with Crippen LogP contribution in [0.3, 0.4) is 0 Å². The molecule has 0 bridgehead atoms. The van der Waals surface area contributed by atoms with E-state index in [4.69, 9.17) is 0 Å². The molecule has 0 spiro atoms. The molecule has 1 heterocycles. The quantitative estimate of drug-likeness (QED) is 0.867. The molecule has 2 aliphatic rings. The van der Waals surface area contributed by atoms with Crippen LogP contribution in [0.5, 0.6) is 0 Å². The van der Waals surface area contributed by atoms with Crippen LogP contribution in [-0.4, -0.2) is 18.4 Å². The third-order valence-corrected chi connectivity index (χ3v) is 6.26. The molecule has 2 amide bonds. The van der Waals surface area contributed by atoms with Gasteiger partial charge in [0, 0.05) is 24.1 Å². The van der Waals surface area contributed by atoms with Crippen molar-refractivity contribution in [2.24, 2.45) is 11.8 Å². The number of benzene rings is 2. The lowest BCUT2D eigenvalue weighted by atomic mass is 9.80. The maximum atomic E-state index is 13.0. The molecule has 0 aromatic heterocycles. The van der Waals surface area contributed by atoms with E-state index in [0.29, 0.717) is 0 Å². The van der Waals surface area contributed by atoms with Gasteiger partial charge in [-0.15, -0.1) is 0 Å². The molecule has 0 radical (unpaired) electrons. The average molecular weight is 377 g/mol. The number of anilines is 1. The first-order valence-corrected chi connectivity index (χ1v) is 10.4. The maximum Gasteiger partial charge on any atom is 0.230 e. The third kappa shape index (κ3) is 3.82. The Balaban J connectivity index is 1.31. The van der Waals surface area contributed by atoms with E-state index in [1.165, 1.54) is 5.56 Å². The lowest BCUT2D eigenvalue weighted by molar-refractivity contribution is -0.129. The number of nitrogens with zero attached hydrogens (tertiary/aromatic N) is 1. The van der Waals surface area contributed by atoms with Crippen molar-refractivity contribution in [3.8, 4) is 0 Å². The summed E-state index contributed by atoms with van der Waals surface area (Å²) in [6.45, 7) is 2.81. The topological polar surface area (TPSA) is 49.4 Å². The highest BCUT2D eigenvalue weighted by molar-refractivity contribution is 5.97. The molecule has 2 aromatic carbocycles. The van der Waals surface area contributed by atoms with Crippen molar-refractivity contribution in [3.05, 3.63) is 65.7 Å². The number of para-hydroxylation sites is 1. The average Bonchev–Trinajstić information content (AvgIpc) is 3.18. The lowest BCUT2D eigenvalue weighted by Crippen LogP contribution is -2.39. The normalized spacial score (nSPS) is 22.4. The molecule has 1 aliphatic heterocycles. The molecule has 4 rings (SSSR count). The van der Waals surface area contributed by atoms with Crippen molar-refractivity contribution in [1.82, 2.24) is 5.32 Å². The molecule has 1 atom stereocenters. The van der Waals surface area contributed by atoms with Gasteiger partial charge in [-0.2, -0.15) is 0 Å². The number of hydrogen-bond donors (Lipinski definition) is 1. The zero-order valence-electron chi connectivity index (χ0n) is 16.4. The van der Waals surface area contributed by atoms with E-state index in [0.717, 1.165) is 49.9 Å². The fourth-order valence-electron chi connectivity index (χ4n) is 4.55. The summed E-state index contributed by atoms with van der Waals surface area (Å²) in [5.41, 5.74) is 3.45. The first kappa shape index (κ1) is 18.7. The number of nitrogens with one attached hydrogen (secondary N) is 1. The molecule has 0 saturated heterocycles. The molecular weight excluding hydrogens is 348 g/mol. The van der Waals surface area contributed by atoms with Gasteiger partial charge in [0.15, 0.2) is 0 Å². The van der Waals surface area contributed by atoms with Crippen molar-refractivity contribution in [2.75, 3.05) is 11.4 Å². The molecule has 4 nitrogen and oxygen atoms in total. The van der Waals surface area contributed by atoms with Gasteiger partial charge in [-0.1, -0.05) is 48.5 Å². The molecule has 4 heteroatoms. The van der Waals surface area contributed by atoms with Crippen LogP contribution in [0.4, 0.5) is 5.69 Å². The van der Waals surface area contributed by atoms with Crippen molar-refractivity contribution >= 4 is 17.5 Å². The summed E-state index contributed by atoms with van der Waals surface area (Å²) in [4.78, 5) is 27.7. The molecule has 1 saturated carbocycles. The van der Waals surface area contributed by atoms with Gasteiger partial charge in [-0.25, -0.2) is 0 Å². The van der Waals surface area contributed by atoms with Crippen LogP contribution in [-0.2, 0) is 16.0 Å². The van der Waals surface area contributed by atoms with Crippen LogP contribution < -0.4 is 10.2 Å². The van der Waals surface area contributed by atoms with E-state index in [1.807, 2.05) is 60.4 Å². The fourth-order valence-corrected chi connectivity index (χ4v) is 4.55. The number of carbonyl (C=O) groups excluding carboxylic acids is 2. The largest absolute Gasteiger partial charge is 0.349 e. The SMILES string of the molecule is CC(NC(=O)C1CCC(C(=O)N2CCc3ccccc32)CC1)c1ccccc1. The van der Waals surface area contributed by atoms with Crippen LogP contribution in [0.2, 0.25) is 0 Å². The zero-order chi connectivity index (χ0) is 19.5. The molecule has 1 N–H and O–H groups in total. The van der Waals surface area contributed by atoms with E-state index in [9.17, 15) is 9.59 Å². The second-order valence-electron chi connectivity index (χ2n) is 8.06. The fraction of sp³-hybridized carbons (Fsp3) is 0.417. The summed E-state index contributed by atoms with van der Waals surface area (Å²) in [6, 6.07) is 18.2. The Labute approximate surface area is 166 Å². The first-order valence-electron chi connectivity index (χ1n) is 10.4. The number of rotatable bonds is 4. The Morgan fingerprint density at radius 3 is 2.32 bits per heavy atom. The summed E-state index contributed by atoms with van der Waals surface area (Å²) in [7, 11) is 0. The van der Waals surface area contributed by atoms with Crippen molar-refractivity contribution < 1.29 is 9.59 Å². The number of fused-ring (bicyclic) bond motifs is 1. The van der Waals surface area contributed by atoms with Gasteiger partial charge in [0.2, 0.25) is 11.8 Å². The number of hydrogen-bond acceptors (Lipinski definition) is 2. The number of amides is 2. The van der Waals surface area contributed by atoms with Gasteiger partial charge in [-0.3, -0.25) is 9.59 Å². The van der Waals surface area contributed by atoms with Crippen LogP contribution in [0.15, 0.2) is 54.6 Å². The van der Waals surface area contributed by atoms with Gasteiger partial charge in [0.05, 0.1) is 6.04 Å². The van der Waals surface area contributed by atoms with E-state index in [-0.39, 0.29) is 29.7 Å². The van der Waals surface area contributed by atoms with E-state index >= 15 is 0 Å². The highest BCUT2D eigenvalue weighted by Gasteiger charge is 2.34. The third-order valence-electron chi connectivity index (χ3n) is 6.26. The summed E-state index contributed by atoms with van der Waals surface area (Å²) in [5, 5.41) is 3.14. The second-order valence-corrected chi connectivity index (χ2v) is 8.06. The Bertz CT molecular complexity index is 841. The minimum Gasteiger partial charge on any atom is -0.349 e. The molecule has 2 aromatic rings. The molecular formula is C24H28N2O2. The van der Waals surface area contributed by atoms with Gasteiger partial charge in [0.1, 0.15) is 0 Å². The molecule has 28 heavy (non-hydrogen) atoms. The van der Waals surface area contributed by atoms with E-state index in [2.05, 4.69) is 11.4 Å². The van der Waals surface area contributed by atoms with Crippen LogP contribution in [0.1, 0.15) is 49.8 Å². The van der Waals surface area contributed by atoms with Crippen molar-refractivity contribution in [2.45, 2.75) is 45.1 Å². The summed E-state index contributed by atoms with van der Waals surface area (Å²) >= 11 is 0. The van der Waals surface area contributed by atoms with Gasteiger partial charge in [-0.05, 0) is 56.2 Å². The Morgan fingerprint density at radius 2 is 1.57 bits per heavy atom. The maximum absolute atomic E-state index is 13.0. The summed E-state index contributed by atoms with van der Waals surface area (Å²) in [5.74, 6) is 0.415. The van der Waals surface area contributed by atoms with Crippen LogP contribution >= 0.6 is 0 Å². The van der Waals surface area contributed by atoms with E-state index < -0.39 is 0 Å². The smallest absolute Gasteiger partial charge is 0.230 e. The monoisotopic (exact) mass is 376 g/mol. The summed E-state index contributed by atoms with van der Waals surface area (Å²) < 4.78 is 0. The minimum atomic E-state index is 0.00848. The van der Waals surface area contributed by atoms with E-state index in [1.54, 1.807) is 0 Å². The lowest BCUT2D eigenvalue weighted by Gasteiger charge is -2.30. The summed E-state index contributed by atoms with van der Waals surface area (Å²) in [6.07, 6.45) is 4.13. The van der Waals surface area contributed by atoms with Crippen molar-refractivity contribution in [3.63, 3.8) is 0 Å². The number of carbonyl (C=O) groups is 2. The molecule has 146 valence electrons. The van der Waals surface area contributed by atoms with Gasteiger partial charge in [0.25, 0.3) is 0 Å². The highest BCUT2D eigenvalue weighted by Crippen LogP contribution is 2.34. The first-order chi connectivity index (χ1) is 13.6. The Morgan fingerprint density at radius 1 is 0.929 bits per heavy atom. The second kappa shape index (κ2) is 8.17. The molecule has 1 aliphatic carbocycles. The standard InChI is InChI=1S/C24H28N2O2/c1-17(18-7-3-2-4-8-18)25-23(27)20-11-13-21(14-12-20)24(28)26-16-15-19-9-5-6-10-22(19)26/h2-10,17,20-21H,11-16H2,1H3,(H,25,27). The van der Waals surface area contributed by atoms with Gasteiger partial charge >= 0.3 is 0 Å². The molecule has 1 unspecified atom stereocenters. The zero-order valence-corrected chi connectivity index (χ0v) is 16.4. The minimum absolute atomic E-state index is 0.00848. The predicted molar refractivity (Wildman–Crippen MR) is 111 cm³/mol. The van der Waals surface area contributed by atoms with Crippen molar-refractivity contribution in [1.29, 1.82) is 0 Å². The Hall–Kier alpha value is -2.62. The van der Waals surface area contributed by atoms with Crippen LogP contribution in [0, 0.1) is 11.8 Å². The highest BCUT2D eigenvalue weighted by atomic mass is 16.2. The van der Waals surface area contributed by atoms with Gasteiger partial charge < -0.3 is 10.2 Å². The predicted octanol–water partition coefficient (Wildman–Crippen LogP) is 4.26.